The maximum atomic E-state index is 13.7. The summed E-state index contributed by atoms with van der Waals surface area (Å²) in [7, 11) is 0. The van der Waals surface area contributed by atoms with Crippen LogP contribution in [0.2, 0.25) is 0 Å². The Labute approximate surface area is 167 Å². The van der Waals surface area contributed by atoms with Gasteiger partial charge in [-0.3, -0.25) is 4.90 Å². The van der Waals surface area contributed by atoms with Crippen LogP contribution in [0.15, 0.2) is 48.5 Å². The smallest absolute Gasteiger partial charge is 0.406 e. The van der Waals surface area contributed by atoms with Crippen molar-refractivity contribution in [1.82, 2.24) is 10.2 Å². The quantitative estimate of drug-likeness (QED) is 0.725. The number of hydrogen-bond acceptors (Lipinski definition) is 3. The number of halogens is 6. The molecular formula is C18H20Cl2F4N2O. The lowest BCUT2D eigenvalue weighted by molar-refractivity contribution is -0.274. The van der Waals surface area contributed by atoms with Gasteiger partial charge in [-0.1, -0.05) is 24.3 Å². The van der Waals surface area contributed by atoms with Crippen LogP contribution >= 0.6 is 24.8 Å². The lowest BCUT2D eigenvalue weighted by Gasteiger charge is -2.35. The van der Waals surface area contributed by atoms with E-state index in [2.05, 4.69) is 15.0 Å². The molecule has 0 aromatic heterocycles. The number of ether oxygens (including phenoxy) is 1. The Hall–Kier alpha value is -1.54. The van der Waals surface area contributed by atoms with E-state index in [0.29, 0.717) is 0 Å². The van der Waals surface area contributed by atoms with Crippen molar-refractivity contribution in [2.24, 2.45) is 0 Å². The van der Waals surface area contributed by atoms with Crippen LogP contribution in [-0.4, -0.2) is 37.4 Å². The van der Waals surface area contributed by atoms with Gasteiger partial charge >= 0.3 is 6.36 Å². The molecule has 150 valence electrons. The standard InChI is InChI=1S/C18H18F4N2O.2ClH/c19-15-3-1-2-14(12-15)17(24-10-8-23-9-11-24)13-4-6-16(7-5-13)25-18(20,21)22;;/h1-7,12,17,23H,8-11H2;2*1H/t17-;;/m0../s1. The van der Waals surface area contributed by atoms with Crippen molar-refractivity contribution in [1.29, 1.82) is 0 Å². The van der Waals surface area contributed by atoms with E-state index in [9.17, 15) is 17.6 Å². The topological polar surface area (TPSA) is 24.5 Å². The van der Waals surface area contributed by atoms with Crippen LogP contribution < -0.4 is 10.1 Å². The SMILES string of the molecule is Cl.Cl.Fc1cccc([C@H](c2ccc(OC(F)(F)F)cc2)N2CCNCC2)c1. The minimum Gasteiger partial charge on any atom is -0.406 e. The second-order valence-corrected chi connectivity index (χ2v) is 5.86. The molecule has 0 amide bonds. The van der Waals surface area contributed by atoms with Crippen LogP contribution in [0.25, 0.3) is 0 Å². The number of rotatable bonds is 4. The molecule has 0 spiro atoms. The Morgan fingerprint density at radius 3 is 2.11 bits per heavy atom. The number of alkyl halides is 3. The summed E-state index contributed by atoms with van der Waals surface area (Å²) >= 11 is 0. The largest absolute Gasteiger partial charge is 0.573 e. The van der Waals surface area contributed by atoms with E-state index in [1.54, 1.807) is 18.2 Å². The van der Waals surface area contributed by atoms with Crippen molar-refractivity contribution in [2.75, 3.05) is 26.2 Å². The van der Waals surface area contributed by atoms with Crippen LogP contribution in [0.4, 0.5) is 17.6 Å². The first kappa shape index (κ1) is 23.5. The van der Waals surface area contributed by atoms with E-state index in [1.807, 2.05) is 6.07 Å². The van der Waals surface area contributed by atoms with Gasteiger partial charge < -0.3 is 10.1 Å². The third-order valence-electron chi connectivity index (χ3n) is 4.11. The summed E-state index contributed by atoms with van der Waals surface area (Å²) in [6, 6.07) is 11.9. The minimum atomic E-state index is -4.72. The molecule has 1 saturated heterocycles. The van der Waals surface area contributed by atoms with Crippen LogP contribution in [-0.2, 0) is 0 Å². The van der Waals surface area contributed by atoms with Crippen molar-refractivity contribution in [3.8, 4) is 5.75 Å². The molecule has 0 unspecified atom stereocenters. The van der Waals surface area contributed by atoms with Gasteiger partial charge in [-0.25, -0.2) is 4.39 Å². The first-order valence-corrected chi connectivity index (χ1v) is 7.98. The van der Waals surface area contributed by atoms with Crippen LogP contribution in [0.3, 0.4) is 0 Å². The number of hydrogen-bond donors (Lipinski definition) is 1. The molecule has 0 bridgehead atoms. The average Bonchev–Trinajstić information content (AvgIpc) is 2.56. The van der Waals surface area contributed by atoms with Gasteiger partial charge in [-0.05, 0) is 35.4 Å². The Kier molecular flexibility index (Phi) is 8.81. The Bertz CT molecular complexity index is 707. The lowest BCUT2D eigenvalue weighted by atomic mass is 9.96. The molecular weight excluding hydrogens is 407 g/mol. The van der Waals surface area contributed by atoms with Gasteiger partial charge in [-0.15, -0.1) is 38.0 Å². The van der Waals surface area contributed by atoms with Crippen molar-refractivity contribution in [2.45, 2.75) is 12.4 Å². The van der Waals surface area contributed by atoms with Crippen molar-refractivity contribution in [3.63, 3.8) is 0 Å². The van der Waals surface area contributed by atoms with Crippen LogP contribution in [0.5, 0.6) is 5.75 Å². The van der Waals surface area contributed by atoms with E-state index in [0.717, 1.165) is 37.3 Å². The Balaban J connectivity index is 0.00000182. The predicted molar refractivity (Wildman–Crippen MR) is 100 cm³/mol. The number of benzene rings is 2. The number of nitrogens with zero attached hydrogens (tertiary/aromatic N) is 1. The fourth-order valence-corrected chi connectivity index (χ4v) is 3.08. The summed E-state index contributed by atoms with van der Waals surface area (Å²) in [5.74, 6) is -0.607. The molecule has 1 aliphatic heterocycles. The highest BCUT2D eigenvalue weighted by molar-refractivity contribution is 5.85. The molecule has 2 aromatic carbocycles. The van der Waals surface area contributed by atoms with Crippen LogP contribution in [0.1, 0.15) is 17.2 Å². The zero-order chi connectivity index (χ0) is 17.9. The summed E-state index contributed by atoms with van der Waals surface area (Å²) in [4.78, 5) is 2.19. The average molecular weight is 427 g/mol. The highest BCUT2D eigenvalue weighted by Crippen LogP contribution is 2.31. The van der Waals surface area contributed by atoms with Crippen LogP contribution in [0, 0.1) is 5.82 Å². The summed E-state index contributed by atoms with van der Waals surface area (Å²) in [5.41, 5.74) is 1.56. The van der Waals surface area contributed by atoms with E-state index >= 15 is 0 Å². The predicted octanol–water partition coefficient (Wildman–Crippen LogP) is 4.56. The summed E-state index contributed by atoms with van der Waals surface area (Å²) in [5, 5.41) is 3.26. The van der Waals surface area contributed by atoms with Gasteiger partial charge in [-0.2, -0.15) is 0 Å². The van der Waals surface area contributed by atoms with Gasteiger partial charge in [0.25, 0.3) is 0 Å². The maximum Gasteiger partial charge on any atom is 0.573 e. The first-order chi connectivity index (χ1) is 11.9. The lowest BCUT2D eigenvalue weighted by Crippen LogP contribution is -2.45. The Morgan fingerprint density at radius 1 is 0.926 bits per heavy atom. The zero-order valence-corrected chi connectivity index (χ0v) is 15.8. The third-order valence-corrected chi connectivity index (χ3v) is 4.11. The van der Waals surface area contributed by atoms with Gasteiger partial charge in [0.2, 0.25) is 0 Å². The molecule has 9 heteroatoms. The molecule has 0 saturated carbocycles. The summed E-state index contributed by atoms with van der Waals surface area (Å²) in [6.07, 6.45) is -4.72. The molecule has 0 aliphatic carbocycles. The third kappa shape index (κ3) is 6.53. The summed E-state index contributed by atoms with van der Waals surface area (Å²) < 4.78 is 54.6. The number of piperazine rings is 1. The second kappa shape index (κ2) is 10.1. The molecule has 1 atom stereocenters. The van der Waals surface area contributed by atoms with Crippen molar-refractivity contribution in [3.05, 3.63) is 65.5 Å². The fraction of sp³-hybridized carbons (Fsp3) is 0.333. The minimum absolute atomic E-state index is 0. The summed E-state index contributed by atoms with van der Waals surface area (Å²) in [6.45, 7) is 3.14. The highest BCUT2D eigenvalue weighted by atomic mass is 35.5. The highest BCUT2D eigenvalue weighted by Gasteiger charge is 2.31. The first-order valence-electron chi connectivity index (χ1n) is 7.98. The normalized spacial score (nSPS) is 16.0. The van der Waals surface area contributed by atoms with Crippen molar-refractivity contribution < 1.29 is 22.3 Å². The molecule has 1 fully saturated rings. The monoisotopic (exact) mass is 426 g/mol. The van der Waals surface area contributed by atoms with Gasteiger partial charge in [0.1, 0.15) is 11.6 Å². The van der Waals surface area contributed by atoms with E-state index in [4.69, 9.17) is 0 Å². The molecule has 0 radical (unpaired) electrons. The van der Waals surface area contributed by atoms with Crippen molar-refractivity contribution >= 4 is 24.8 Å². The molecule has 27 heavy (non-hydrogen) atoms. The fourth-order valence-electron chi connectivity index (χ4n) is 3.08. The van der Waals surface area contributed by atoms with E-state index in [-0.39, 0.29) is 42.4 Å². The van der Waals surface area contributed by atoms with Gasteiger partial charge in [0, 0.05) is 26.2 Å². The number of nitrogens with one attached hydrogen (secondary N) is 1. The van der Waals surface area contributed by atoms with Gasteiger partial charge in [0.05, 0.1) is 6.04 Å². The molecule has 3 nitrogen and oxygen atoms in total. The molecule has 3 rings (SSSR count). The maximum absolute atomic E-state index is 13.7. The zero-order valence-electron chi connectivity index (χ0n) is 14.2. The molecule has 1 aliphatic rings. The molecule has 1 N–H and O–H groups in total. The van der Waals surface area contributed by atoms with Gasteiger partial charge in [0.15, 0.2) is 0 Å². The van der Waals surface area contributed by atoms with E-state index in [1.165, 1.54) is 24.3 Å². The Morgan fingerprint density at radius 2 is 1.56 bits per heavy atom. The second-order valence-electron chi connectivity index (χ2n) is 5.86. The van der Waals surface area contributed by atoms with E-state index < -0.39 is 6.36 Å². The molecule has 1 heterocycles. The molecule has 2 aromatic rings.